The molecule has 0 unspecified atom stereocenters. The summed E-state index contributed by atoms with van der Waals surface area (Å²) in [5.74, 6) is 1.22. The van der Waals surface area contributed by atoms with Crippen LogP contribution in [0.5, 0.6) is 11.5 Å². The van der Waals surface area contributed by atoms with Crippen molar-refractivity contribution < 1.29 is 9.47 Å². The monoisotopic (exact) mass is 324 g/mol. The van der Waals surface area contributed by atoms with Crippen LogP contribution in [-0.4, -0.2) is 19.2 Å². The summed E-state index contributed by atoms with van der Waals surface area (Å²) in [7, 11) is 3.16. The van der Waals surface area contributed by atoms with Gasteiger partial charge in [-0.2, -0.15) is 0 Å². The van der Waals surface area contributed by atoms with Crippen molar-refractivity contribution >= 4 is 16.6 Å². The van der Waals surface area contributed by atoms with Gasteiger partial charge in [0.05, 0.1) is 19.7 Å². The Labute approximate surface area is 140 Å². The number of anilines is 1. The van der Waals surface area contributed by atoms with Gasteiger partial charge >= 0.3 is 0 Å². The van der Waals surface area contributed by atoms with Gasteiger partial charge in [0.15, 0.2) is 11.5 Å². The van der Waals surface area contributed by atoms with Crippen LogP contribution < -0.4 is 20.3 Å². The van der Waals surface area contributed by atoms with E-state index in [0.29, 0.717) is 23.6 Å². The van der Waals surface area contributed by atoms with Crippen molar-refractivity contribution in [1.82, 2.24) is 4.98 Å². The molecule has 5 heteroatoms. The zero-order chi connectivity index (χ0) is 17.1. The van der Waals surface area contributed by atoms with Crippen LogP contribution in [0, 0.1) is 6.92 Å². The van der Waals surface area contributed by atoms with E-state index in [-0.39, 0.29) is 5.56 Å². The van der Waals surface area contributed by atoms with Crippen molar-refractivity contribution in [2.75, 3.05) is 19.5 Å². The first-order chi connectivity index (χ1) is 11.6. The number of rotatable bonds is 5. The quantitative estimate of drug-likeness (QED) is 0.754. The third-order valence-electron chi connectivity index (χ3n) is 3.96. The van der Waals surface area contributed by atoms with E-state index in [1.807, 2.05) is 43.3 Å². The average Bonchev–Trinajstić information content (AvgIpc) is 2.60. The van der Waals surface area contributed by atoms with Crippen LogP contribution in [0.25, 0.3) is 10.9 Å². The first-order valence-corrected chi connectivity index (χ1v) is 7.69. The minimum atomic E-state index is -0.116. The van der Waals surface area contributed by atoms with Crippen LogP contribution in [0.4, 0.5) is 5.69 Å². The Morgan fingerprint density at radius 3 is 2.33 bits per heavy atom. The molecule has 0 amide bonds. The van der Waals surface area contributed by atoms with Crippen LogP contribution in [0.2, 0.25) is 0 Å². The normalized spacial score (nSPS) is 10.6. The summed E-state index contributed by atoms with van der Waals surface area (Å²) >= 11 is 0. The average molecular weight is 324 g/mol. The molecule has 2 aromatic carbocycles. The van der Waals surface area contributed by atoms with E-state index in [0.717, 1.165) is 16.6 Å². The van der Waals surface area contributed by atoms with Gasteiger partial charge in [0, 0.05) is 29.2 Å². The molecule has 0 aliphatic carbocycles. The second-order valence-corrected chi connectivity index (χ2v) is 5.64. The minimum absolute atomic E-state index is 0.116. The minimum Gasteiger partial charge on any atom is -0.493 e. The van der Waals surface area contributed by atoms with Crippen LogP contribution >= 0.6 is 0 Å². The van der Waals surface area contributed by atoms with E-state index < -0.39 is 0 Å². The Morgan fingerprint density at radius 1 is 1.00 bits per heavy atom. The van der Waals surface area contributed by atoms with E-state index in [2.05, 4.69) is 10.3 Å². The molecule has 1 heterocycles. The fourth-order valence-electron chi connectivity index (χ4n) is 2.58. The number of aromatic amines is 1. The fraction of sp³-hybridized carbons (Fsp3) is 0.211. The molecule has 124 valence electrons. The molecule has 2 N–H and O–H groups in total. The summed E-state index contributed by atoms with van der Waals surface area (Å²) in [6, 6.07) is 13.6. The smallest absolute Gasteiger partial charge is 0.253 e. The number of nitrogens with one attached hydrogen (secondary N) is 2. The van der Waals surface area contributed by atoms with Crippen molar-refractivity contribution in [3.63, 3.8) is 0 Å². The first-order valence-electron chi connectivity index (χ1n) is 7.69. The molecule has 0 spiro atoms. The maximum Gasteiger partial charge on any atom is 0.253 e. The Kier molecular flexibility index (Phi) is 4.42. The summed E-state index contributed by atoms with van der Waals surface area (Å²) in [4.78, 5) is 15.2. The van der Waals surface area contributed by atoms with Crippen LogP contribution in [0.1, 0.15) is 11.1 Å². The number of H-pyrrole nitrogens is 1. The molecule has 1 aromatic heterocycles. The van der Waals surface area contributed by atoms with Gasteiger partial charge in [-0.15, -0.1) is 0 Å². The third-order valence-corrected chi connectivity index (χ3v) is 3.96. The lowest BCUT2D eigenvalue weighted by molar-refractivity contribution is 0.356. The molecule has 0 atom stereocenters. The lowest BCUT2D eigenvalue weighted by atomic mass is 10.1. The number of aromatic nitrogens is 1. The zero-order valence-electron chi connectivity index (χ0n) is 14.0. The van der Waals surface area contributed by atoms with E-state index in [4.69, 9.17) is 9.47 Å². The molecule has 0 fully saturated rings. The van der Waals surface area contributed by atoms with Gasteiger partial charge in [-0.3, -0.25) is 4.79 Å². The molecule has 0 saturated carbocycles. The fourth-order valence-corrected chi connectivity index (χ4v) is 2.58. The summed E-state index contributed by atoms with van der Waals surface area (Å²) in [6.07, 6.45) is 0. The lowest BCUT2D eigenvalue weighted by Gasteiger charge is -2.11. The number of benzene rings is 2. The Morgan fingerprint density at radius 2 is 1.67 bits per heavy atom. The molecule has 0 bridgehead atoms. The van der Waals surface area contributed by atoms with E-state index in [9.17, 15) is 4.79 Å². The lowest BCUT2D eigenvalue weighted by Crippen LogP contribution is -2.15. The second-order valence-electron chi connectivity index (χ2n) is 5.64. The number of methoxy groups -OCH3 is 2. The maximum absolute atomic E-state index is 12.3. The Hall–Kier alpha value is -2.95. The molecule has 3 aromatic rings. The Balaban J connectivity index is 1.92. The SMILES string of the molecule is COc1cc2cc(CNc3ccc(C)cc3)c(=O)[nH]c2cc1OC. The van der Waals surface area contributed by atoms with Crippen molar-refractivity contribution in [3.05, 3.63) is 63.9 Å². The van der Waals surface area contributed by atoms with Crippen LogP contribution in [0.15, 0.2) is 47.3 Å². The molecule has 24 heavy (non-hydrogen) atoms. The molecule has 3 rings (SSSR count). The van der Waals surface area contributed by atoms with Crippen molar-refractivity contribution in [2.45, 2.75) is 13.5 Å². The summed E-state index contributed by atoms with van der Waals surface area (Å²) in [6.45, 7) is 2.49. The molecule has 0 aliphatic heterocycles. The highest BCUT2D eigenvalue weighted by Crippen LogP contribution is 2.31. The molecule has 0 saturated heterocycles. The third kappa shape index (κ3) is 3.20. The van der Waals surface area contributed by atoms with Crippen molar-refractivity contribution in [1.29, 1.82) is 0 Å². The van der Waals surface area contributed by atoms with E-state index >= 15 is 0 Å². The zero-order valence-corrected chi connectivity index (χ0v) is 14.0. The number of hydrogen-bond acceptors (Lipinski definition) is 4. The molecule has 5 nitrogen and oxygen atoms in total. The molecular weight excluding hydrogens is 304 g/mol. The number of fused-ring (bicyclic) bond motifs is 1. The van der Waals surface area contributed by atoms with Crippen LogP contribution in [-0.2, 0) is 6.54 Å². The van der Waals surface area contributed by atoms with Gasteiger partial charge < -0.3 is 19.8 Å². The predicted octanol–water partition coefficient (Wildman–Crippen LogP) is 3.47. The summed E-state index contributed by atoms with van der Waals surface area (Å²) in [5.41, 5.74) is 3.44. The second kappa shape index (κ2) is 6.66. The highest BCUT2D eigenvalue weighted by Gasteiger charge is 2.09. The number of pyridine rings is 1. The highest BCUT2D eigenvalue weighted by molar-refractivity contribution is 5.83. The van der Waals surface area contributed by atoms with E-state index in [1.165, 1.54) is 5.56 Å². The standard InChI is InChI=1S/C19H20N2O3/c1-12-4-6-15(7-5-12)20-11-14-8-13-9-17(23-2)18(24-3)10-16(13)21-19(14)22/h4-10,20H,11H2,1-3H3,(H,21,22). The van der Waals surface area contributed by atoms with Gasteiger partial charge in [0.2, 0.25) is 0 Å². The molecule has 0 aliphatic rings. The van der Waals surface area contributed by atoms with Gasteiger partial charge in [-0.1, -0.05) is 17.7 Å². The summed E-state index contributed by atoms with van der Waals surface area (Å²) < 4.78 is 10.6. The van der Waals surface area contributed by atoms with Crippen molar-refractivity contribution in [2.24, 2.45) is 0 Å². The van der Waals surface area contributed by atoms with Gasteiger partial charge in [-0.25, -0.2) is 0 Å². The first kappa shape index (κ1) is 15.9. The summed E-state index contributed by atoms with van der Waals surface area (Å²) in [5, 5.41) is 4.17. The predicted molar refractivity (Wildman–Crippen MR) is 96.2 cm³/mol. The van der Waals surface area contributed by atoms with Crippen molar-refractivity contribution in [3.8, 4) is 11.5 Å². The number of hydrogen-bond donors (Lipinski definition) is 2. The topological polar surface area (TPSA) is 63.3 Å². The number of ether oxygens (including phenoxy) is 2. The van der Waals surface area contributed by atoms with Gasteiger partial charge in [0.1, 0.15) is 0 Å². The van der Waals surface area contributed by atoms with Gasteiger partial charge in [-0.05, 0) is 31.2 Å². The van der Waals surface area contributed by atoms with E-state index in [1.54, 1.807) is 20.3 Å². The Bertz CT molecular complexity index is 914. The molecule has 0 radical (unpaired) electrons. The number of aryl methyl sites for hydroxylation is 1. The van der Waals surface area contributed by atoms with Crippen LogP contribution in [0.3, 0.4) is 0 Å². The highest BCUT2D eigenvalue weighted by atomic mass is 16.5. The largest absolute Gasteiger partial charge is 0.493 e. The van der Waals surface area contributed by atoms with Gasteiger partial charge in [0.25, 0.3) is 5.56 Å². The molecular formula is C19H20N2O3. The maximum atomic E-state index is 12.3.